The van der Waals surface area contributed by atoms with Gasteiger partial charge >= 0.3 is 0 Å². The molecule has 1 aliphatic rings. The third-order valence-corrected chi connectivity index (χ3v) is 5.08. The summed E-state index contributed by atoms with van der Waals surface area (Å²) < 4.78 is 26.9. The first kappa shape index (κ1) is 13.8. The predicted octanol–water partition coefficient (Wildman–Crippen LogP) is 1.78. The van der Waals surface area contributed by atoms with E-state index in [9.17, 15) is 13.5 Å². The van der Waals surface area contributed by atoms with Gasteiger partial charge in [0, 0.05) is 17.7 Å². The Kier molecular flexibility index (Phi) is 4.27. The zero-order chi connectivity index (χ0) is 13.2. The number of rotatable bonds is 4. The summed E-state index contributed by atoms with van der Waals surface area (Å²) in [5.41, 5.74) is 0. The van der Waals surface area contributed by atoms with Gasteiger partial charge in [0.1, 0.15) is 0 Å². The van der Waals surface area contributed by atoms with Crippen molar-refractivity contribution in [3.05, 3.63) is 29.3 Å². The van der Waals surface area contributed by atoms with Crippen molar-refractivity contribution in [3.63, 3.8) is 0 Å². The highest BCUT2D eigenvalue weighted by atomic mass is 35.5. The number of hydrogen-bond acceptors (Lipinski definition) is 3. The Hall–Kier alpha value is -0.620. The molecule has 1 aliphatic carbocycles. The van der Waals surface area contributed by atoms with Crippen LogP contribution in [0.5, 0.6) is 0 Å². The van der Waals surface area contributed by atoms with E-state index < -0.39 is 10.0 Å². The second-order valence-electron chi connectivity index (χ2n) is 4.56. The van der Waals surface area contributed by atoms with Crippen LogP contribution >= 0.6 is 11.6 Å². The molecule has 6 heteroatoms. The van der Waals surface area contributed by atoms with Crippen molar-refractivity contribution >= 4 is 21.6 Å². The molecule has 2 atom stereocenters. The van der Waals surface area contributed by atoms with Crippen LogP contribution in [0.2, 0.25) is 5.02 Å². The van der Waals surface area contributed by atoms with E-state index in [1.807, 2.05) is 0 Å². The van der Waals surface area contributed by atoms with Crippen molar-refractivity contribution in [3.8, 4) is 0 Å². The molecule has 0 aliphatic heterocycles. The van der Waals surface area contributed by atoms with Crippen LogP contribution in [-0.2, 0) is 10.0 Å². The number of benzene rings is 1. The maximum Gasteiger partial charge on any atom is 0.240 e. The van der Waals surface area contributed by atoms with E-state index in [2.05, 4.69) is 4.72 Å². The molecule has 0 spiro atoms. The summed E-state index contributed by atoms with van der Waals surface area (Å²) >= 11 is 5.73. The minimum atomic E-state index is -3.52. The topological polar surface area (TPSA) is 66.4 Å². The molecule has 4 nitrogen and oxygen atoms in total. The van der Waals surface area contributed by atoms with Gasteiger partial charge < -0.3 is 5.11 Å². The van der Waals surface area contributed by atoms with Crippen molar-refractivity contribution in [1.29, 1.82) is 0 Å². The maximum absolute atomic E-state index is 12.1. The van der Waals surface area contributed by atoms with Crippen LogP contribution in [0.3, 0.4) is 0 Å². The van der Waals surface area contributed by atoms with Gasteiger partial charge in [-0.05, 0) is 43.0 Å². The average Bonchev–Trinajstić information content (AvgIpc) is 2.76. The molecule has 0 amide bonds. The molecule has 2 N–H and O–H groups in total. The summed E-state index contributed by atoms with van der Waals surface area (Å²) in [6.07, 6.45) is 2.58. The van der Waals surface area contributed by atoms with Crippen LogP contribution in [0.1, 0.15) is 19.3 Å². The Bertz CT molecular complexity index is 501. The van der Waals surface area contributed by atoms with Crippen molar-refractivity contribution in [2.75, 3.05) is 6.61 Å². The minimum absolute atomic E-state index is 0.0204. The van der Waals surface area contributed by atoms with Gasteiger partial charge in [-0.3, -0.25) is 0 Å². The number of halogens is 1. The van der Waals surface area contributed by atoms with E-state index in [1.54, 1.807) is 12.1 Å². The fraction of sp³-hybridized carbons (Fsp3) is 0.500. The number of hydrogen-bond donors (Lipinski definition) is 2. The Morgan fingerprint density at radius 3 is 2.56 bits per heavy atom. The minimum Gasteiger partial charge on any atom is -0.396 e. The third kappa shape index (κ3) is 3.03. The van der Waals surface area contributed by atoms with Crippen LogP contribution < -0.4 is 4.72 Å². The summed E-state index contributed by atoms with van der Waals surface area (Å²) in [4.78, 5) is 0.204. The molecule has 0 radical (unpaired) electrons. The van der Waals surface area contributed by atoms with Gasteiger partial charge in [0.25, 0.3) is 0 Å². The number of sulfonamides is 1. The quantitative estimate of drug-likeness (QED) is 0.888. The molecule has 1 saturated carbocycles. The van der Waals surface area contributed by atoms with Crippen LogP contribution in [0, 0.1) is 5.92 Å². The summed E-state index contributed by atoms with van der Waals surface area (Å²) in [5, 5.41) is 9.69. The monoisotopic (exact) mass is 289 g/mol. The predicted molar refractivity (Wildman–Crippen MR) is 70.0 cm³/mol. The molecule has 1 fully saturated rings. The van der Waals surface area contributed by atoms with Crippen molar-refractivity contribution in [2.24, 2.45) is 5.92 Å². The third-order valence-electron chi connectivity index (χ3n) is 3.32. The van der Waals surface area contributed by atoms with Crippen LogP contribution in [-0.4, -0.2) is 26.2 Å². The fourth-order valence-electron chi connectivity index (χ4n) is 2.29. The first-order valence-electron chi connectivity index (χ1n) is 5.91. The fourth-order valence-corrected chi connectivity index (χ4v) is 3.76. The lowest BCUT2D eigenvalue weighted by Crippen LogP contribution is -2.38. The molecule has 0 bridgehead atoms. The molecular formula is C12H16ClNO3S. The summed E-state index contributed by atoms with van der Waals surface area (Å²) in [7, 11) is -3.52. The van der Waals surface area contributed by atoms with Gasteiger partial charge in [0.2, 0.25) is 10.0 Å². The average molecular weight is 290 g/mol. The van der Waals surface area contributed by atoms with Crippen molar-refractivity contribution < 1.29 is 13.5 Å². The molecule has 0 aromatic heterocycles. The molecule has 0 unspecified atom stereocenters. The zero-order valence-corrected chi connectivity index (χ0v) is 11.4. The Morgan fingerprint density at radius 2 is 1.94 bits per heavy atom. The zero-order valence-electron chi connectivity index (χ0n) is 9.84. The summed E-state index contributed by atoms with van der Waals surface area (Å²) in [6, 6.07) is 5.89. The lowest BCUT2D eigenvalue weighted by Gasteiger charge is -2.18. The molecule has 1 aromatic rings. The maximum atomic E-state index is 12.1. The van der Waals surface area contributed by atoms with Gasteiger partial charge in [-0.2, -0.15) is 0 Å². The van der Waals surface area contributed by atoms with Crippen molar-refractivity contribution in [1.82, 2.24) is 4.72 Å². The van der Waals surface area contributed by atoms with E-state index in [0.717, 1.165) is 19.3 Å². The molecule has 100 valence electrons. The van der Waals surface area contributed by atoms with Gasteiger partial charge in [-0.15, -0.1) is 0 Å². The van der Waals surface area contributed by atoms with Gasteiger partial charge in [0.05, 0.1) is 4.90 Å². The lowest BCUT2D eigenvalue weighted by atomic mass is 10.1. The number of aliphatic hydroxyl groups excluding tert-OH is 1. The smallest absolute Gasteiger partial charge is 0.240 e. The standard InChI is InChI=1S/C12H16ClNO3S/c13-10-4-6-11(7-5-10)18(16,17)14-12-3-1-2-9(12)8-15/h4-7,9,12,14-15H,1-3,8H2/t9-,12+/m0/s1. The highest BCUT2D eigenvalue weighted by Crippen LogP contribution is 2.26. The second-order valence-corrected chi connectivity index (χ2v) is 6.71. The van der Waals surface area contributed by atoms with E-state index in [4.69, 9.17) is 11.6 Å². The van der Waals surface area contributed by atoms with E-state index in [1.165, 1.54) is 12.1 Å². The number of nitrogens with one attached hydrogen (secondary N) is 1. The Morgan fingerprint density at radius 1 is 1.28 bits per heavy atom. The molecular weight excluding hydrogens is 274 g/mol. The molecule has 0 heterocycles. The summed E-state index contributed by atoms with van der Waals surface area (Å²) in [5.74, 6) is 0.0204. The molecule has 2 rings (SSSR count). The largest absolute Gasteiger partial charge is 0.396 e. The van der Waals surface area contributed by atoms with Gasteiger partial charge in [-0.25, -0.2) is 13.1 Å². The van der Waals surface area contributed by atoms with Crippen LogP contribution in [0.4, 0.5) is 0 Å². The Labute approximate surface area is 112 Å². The van der Waals surface area contributed by atoms with E-state index >= 15 is 0 Å². The summed E-state index contributed by atoms with van der Waals surface area (Å²) in [6.45, 7) is 0.0216. The second kappa shape index (κ2) is 5.57. The molecule has 1 aromatic carbocycles. The van der Waals surface area contributed by atoms with Crippen molar-refractivity contribution in [2.45, 2.75) is 30.2 Å². The van der Waals surface area contributed by atoms with Crippen LogP contribution in [0.25, 0.3) is 0 Å². The lowest BCUT2D eigenvalue weighted by molar-refractivity contribution is 0.213. The Balaban J connectivity index is 2.14. The van der Waals surface area contributed by atoms with Crippen LogP contribution in [0.15, 0.2) is 29.2 Å². The first-order chi connectivity index (χ1) is 8.53. The number of aliphatic hydroxyl groups is 1. The van der Waals surface area contributed by atoms with Gasteiger partial charge in [0.15, 0.2) is 0 Å². The molecule has 0 saturated heterocycles. The SMILES string of the molecule is O=S(=O)(N[C@@H]1CCC[C@H]1CO)c1ccc(Cl)cc1. The highest BCUT2D eigenvalue weighted by molar-refractivity contribution is 7.89. The molecule has 18 heavy (non-hydrogen) atoms. The normalized spacial score (nSPS) is 24.3. The van der Waals surface area contributed by atoms with E-state index in [-0.39, 0.29) is 23.5 Å². The first-order valence-corrected chi connectivity index (χ1v) is 7.78. The highest BCUT2D eigenvalue weighted by Gasteiger charge is 2.30. The van der Waals surface area contributed by atoms with E-state index in [0.29, 0.717) is 5.02 Å². The van der Waals surface area contributed by atoms with Gasteiger partial charge in [-0.1, -0.05) is 18.0 Å².